The standard InChI is InChI=1S/C11H8ClN3O2/c1-6-8(11(16)17)5-14-10(15-6)9-3-2-7(12)4-13-9/h2-5H,1H3,(H,16,17). The van der Waals surface area contributed by atoms with Crippen LogP contribution in [0.5, 0.6) is 0 Å². The molecule has 0 aliphatic carbocycles. The Morgan fingerprint density at radius 1 is 1.29 bits per heavy atom. The Kier molecular flexibility index (Phi) is 3.01. The monoisotopic (exact) mass is 249 g/mol. The van der Waals surface area contributed by atoms with Crippen LogP contribution in [-0.4, -0.2) is 26.0 Å². The first-order valence-electron chi connectivity index (χ1n) is 4.77. The molecule has 2 aromatic rings. The fraction of sp³-hybridized carbons (Fsp3) is 0.0909. The van der Waals surface area contributed by atoms with Gasteiger partial charge in [0.1, 0.15) is 5.69 Å². The smallest absolute Gasteiger partial charge is 0.339 e. The van der Waals surface area contributed by atoms with Gasteiger partial charge in [-0.15, -0.1) is 0 Å². The van der Waals surface area contributed by atoms with Crippen LogP contribution in [-0.2, 0) is 0 Å². The summed E-state index contributed by atoms with van der Waals surface area (Å²) in [4.78, 5) is 22.9. The van der Waals surface area contributed by atoms with Crippen molar-refractivity contribution in [3.05, 3.63) is 40.8 Å². The molecule has 0 aromatic carbocycles. The topological polar surface area (TPSA) is 76.0 Å². The second-order valence-corrected chi connectivity index (χ2v) is 3.80. The van der Waals surface area contributed by atoms with Crippen LogP contribution < -0.4 is 0 Å². The van der Waals surface area contributed by atoms with Gasteiger partial charge in [0.2, 0.25) is 0 Å². The lowest BCUT2D eigenvalue weighted by Crippen LogP contribution is -2.04. The second-order valence-electron chi connectivity index (χ2n) is 3.36. The molecule has 0 unspecified atom stereocenters. The van der Waals surface area contributed by atoms with Crippen LogP contribution in [0.25, 0.3) is 11.5 Å². The van der Waals surface area contributed by atoms with E-state index in [0.29, 0.717) is 22.2 Å². The predicted octanol–water partition coefficient (Wildman–Crippen LogP) is 2.20. The highest BCUT2D eigenvalue weighted by Crippen LogP contribution is 2.15. The van der Waals surface area contributed by atoms with Crippen molar-refractivity contribution in [1.29, 1.82) is 0 Å². The number of halogens is 1. The fourth-order valence-corrected chi connectivity index (χ4v) is 1.42. The van der Waals surface area contributed by atoms with Gasteiger partial charge in [-0.25, -0.2) is 14.8 Å². The molecule has 0 bridgehead atoms. The molecule has 1 N–H and O–H groups in total. The van der Waals surface area contributed by atoms with Crippen LogP contribution in [0.15, 0.2) is 24.5 Å². The largest absolute Gasteiger partial charge is 0.478 e. The molecule has 2 rings (SSSR count). The van der Waals surface area contributed by atoms with Crippen molar-refractivity contribution in [3.8, 4) is 11.5 Å². The molecule has 2 aromatic heterocycles. The first-order chi connectivity index (χ1) is 8.08. The van der Waals surface area contributed by atoms with Crippen molar-refractivity contribution in [2.75, 3.05) is 0 Å². The van der Waals surface area contributed by atoms with Crippen molar-refractivity contribution in [2.45, 2.75) is 6.92 Å². The van der Waals surface area contributed by atoms with Crippen molar-refractivity contribution in [2.24, 2.45) is 0 Å². The molecule has 0 spiro atoms. The molecule has 5 nitrogen and oxygen atoms in total. The van der Waals surface area contributed by atoms with Gasteiger partial charge in [-0.05, 0) is 19.1 Å². The highest BCUT2D eigenvalue weighted by atomic mass is 35.5. The summed E-state index contributed by atoms with van der Waals surface area (Å²) in [5, 5.41) is 9.37. The van der Waals surface area contributed by atoms with Gasteiger partial charge in [-0.2, -0.15) is 0 Å². The third-order valence-corrected chi connectivity index (χ3v) is 2.39. The van der Waals surface area contributed by atoms with E-state index in [1.807, 2.05) is 0 Å². The van der Waals surface area contributed by atoms with Crippen molar-refractivity contribution in [1.82, 2.24) is 15.0 Å². The third kappa shape index (κ3) is 2.39. The molecule has 6 heteroatoms. The molecule has 0 saturated heterocycles. The minimum atomic E-state index is -1.04. The Hall–Kier alpha value is -2.01. The van der Waals surface area contributed by atoms with Crippen molar-refractivity contribution in [3.63, 3.8) is 0 Å². The average Bonchev–Trinajstić information content (AvgIpc) is 2.29. The number of carboxylic acids is 1. The molecular weight excluding hydrogens is 242 g/mol. The van der Waals surface area contributed by atoms with Crippen molar-refractivity contribution < 1.29 is 9.90 Å². The first-order valence-corrected chi connectivity index (χ1v) is 5.14. The van der Waals surface area contributed by atoms with Crippen LogP contribution in [0, 0.1) is 6.92 Å². The van der Waals surface area contributed by atoms with Crippen LogP contribution in [0.1, 0.15) is 16.1 Å². The molecule has 0 amide bonds. The number of nitrogens with zero attached hydrogens (tertiary/aromatic N) is 3. The van der Waals surface area contributed by atoms with E-state index in [-0.39, 0.29) is 5.56 Å². The van der Waals surface area contributed by atoms with Crippen LogP contribution >= 0.6 is 11.6 Å². The van der Waals surface area contributed by atoms with Crippen molar-refractivity contribution >= 4 is 17.6 Å². The van der Waals surface area contributed by atoms with Crippen LogP contribution in [0.2, 0.25) is 5.02 Å². The van der Waals surface area contributed by atoms with E-state index < -0.39 is 5.97 Å². The predicted molar refractivity (Wildman–Crippen MR) is 62.0 cm³/mol. The quantitative estimate of drug-likeness (QED) is 0.883. The van der Waals surface area contributed by atoms with E-state index in [2.05, 4.69) is 15.0 Å². The summed E-state index contributed by atoms with van der Waals surface area (Å²) in [6.07, 6.45) is 2.76. The van der Waals surface area contributed by atoms with Crippen LogP contribution in [0.3, 0.4) is 0 Å². The van der Waals surface area contributed by atoms with Gasteiger partial charge in [0.05, 0.1) is 16.3 Å². The number of aromatic nitrogens is 3. The minimum Gasteiger partial charge on any atom is -0.478 e. The second kappa shape index (κ2) is 4.47. The number of rotatable bonds is 2. The highest BCUT2D eigenvalue weighted by Gasteiger charge is 2.11. The summed E-state index contributed by atoms with van der Waals surface area (Å²) >= 11 is 5.72. The number of carboxylic acid groups (broad SMARTS) is 1. The fourth-order valence-electron chi connectivity index (χ4n) is 1.31. The molecule has 0 radical (unpaired) electrons. The van der Waals surface area contributed by atoms with Gasteiger partial charge >= 0.3 is 5.97 Å². The molecule has 0 aliphatic rings. The SMILES string of the molecule is Cc1nc(-c2ccc(Cl)cn2)ncc1C(=O)O. The number of hydrogen-bond donors (Lipinski definition) is 1. The molecule has 86 valence electrons. The zero-order chi connectivity index (χ0) is 12.4. The molecular formula is C11H8ClN3O2. The molecule has 0 saturated carbocycles. The maximum absolute atomic E-state index is 10.8. The van der Waals surface area contributed by atoms with Gasteiger partial charge in [-0.1, -0.05) is 11.6 Å². The molecule has 17 heavy (non-hydrogen) atoms. The number of pyridine rings is 1. The lowest BCUT2D eigenvalue weighted by atomic mass is 10.2. The molecule has 0 fully saturated rings. The van der Waals surface area contributed by atoms with Crippen LogP contribution in [0.4, 0.5) is 0 Å². The zero-order valence-corrected chi connectivity index (χ0v) is 9.64. The van der Waals surface area contributed by atoms with Gasteiger partial charge in [0.25, 0.3) is 0 Å². The Morgan fingerprint density at radius 2 is 2.06 bits per heavy atom. The lowest BCUT2D eigenvalue weighted by molar-refractivity contribution is 0.0695. The summed E-state index contributed by atoms with van der Waals surface area (Å²) in [6, 6.07) is 3.35. The van der Waals surface area contributed by atoms with E-state index in [9.17, 15) is 4.79 Å². The van der Waals surface area contributed by atoms with E-state index in [1.54, 1.807) is 19.1 Å². The maximum atomic E-state index is 10.8. The summed E-state index contributed by atoms with van der Waals surface area (Å²) < 4.78 is 0. The Morgan fingerprint density at radius 3 is 2.59 bits per heavy atom. The number of carbonyl (C=O) groups is 1. The lowest BCUT2D eigenvalue weighted by Gasteiger charge is -2.03. The Balaban J connectivity index is 2.44. The van der Waals surface area contributed by atoms with Gasteiger partial charge in [0, 0.05) is 12.4 Å². The number of aryl methyl sites for hydroxylation is 1. The maximum Gasteiger partial charge on any atom is 0.339 e. The summed E-state index contributed by atoms with van der Waals surface area (Å²) in [5.41, 5.74) is 1.04. The van der Waals surface area contributed by atoms with E-state index in [1.165, 1.54) is 12.4 Å². The van der Waals surface area contributed by atoms with Gasteiger partial charge in [0.15, 0.2) is 5.82 Å². The summed E-state index contributed by atoms with van der Waals surface area (Å²) in [5.74, 6) is -0.665. The highest BCUT2D eigenvalue weighted by molar-refractivity contribution is 6.30. The number of aromatic carboxylic acids is 1. The summed E-state index contributed by atoms with van der Waals surface area (Å²) in [7, 11) is 0. The zero-order valence-electron chi connectivity index (χ0n) is 8.88. The van der Waals surface area contributed by atoms with E-state index >= 15 is 0 Å². The minimum absolute atomic E-state index is 0.0858. The molecule has 0 atom stereocenters. The van der Waals surface area contributed by atoms with E-state index in [4.69, 9.17) is 16.7 Å². The Labute approximate surface area is 102 Å². The molecule has 2 heterocycles. The molecule has 0 aliphatic heterocycles. The van der Waals surface area contributed by atoms with Gasteiger partial charge in [-0.3, -0.25) is 4.98 Å². The van der Waals surface area contributed by atoms with E-state index in [0.717, 1.165) is 0 Å². The number of hydrogen-bond acceptors (Lipinski definition) is 4. The third-order valence-electron chi connectivity index (χ3n) is 2.17. The van der Waals surface area contributed by atoms with Gasteiger partial charge < -0.3 is 5.11 Å². The Bertz CT molecular complexity index is 569. The first kappa shape index (κ1) is 11.5. The normalized spacial score (nSPS) is 10.2. The summed E-state index contributed by atoms with van der Waals surface area (Å²) in [6.45, 7) is 1.62. The average molecular weight is 250 g/mol.